The molecule has 2 aromatic rings. The van der Waals surface area contributed by atoms with Gasteiger partial charge in [-0.05, 0) is 48.7 Å². The summed E-state index contributed by atoms with van der Waals surface area (Å²) in [4.78, 5) is 29.0. The number of amides is 2. The summed E-state index contributed by atoms with van der Waals surface area (Å²) in [5, 5.41) is 0. The van der Waals surface area contributed by atoms with Gasteiger partial charge in [-0.3, -0.25) is 9.59 Å². The van der Waals surface area contributed by atoms with Gasteiger partial charge in [0, 0.05) is 31.0 Å². The molecule has 152 valence electrons. The van der Waals surface area contributed by atoms with E-state index in [0.717, 1.165) is 11.3 Å². The Hall–Kier alpha value is -2.41. The third-order valence-electron chi connectivity index (χ3n) is 5.66. The minimum absolute atomic E-state index is 0.0115. The number of likely N-dealkylation sites (tertiary alicyclic amines) is 1. The lowest BCUT2D eigenvalue weighted by molar-refractivity contribution is -0.132. The van der Waals surface area contributed by atoms with Gasteiger partial charge in [0.05, 0.1) is 11.3 Å². The lowest BCUT2D eigenvalue weighted by atomic mass is 10.00. The molecule has 1 spiro atoms. The van der Waals surface area contributed by atoms with Crippen LogP contribution in [-0.2, 0) is 11.2 Å². The molecule has 0 bridgehead atoms. The second-order valence-electron chi connectivity index (χ2n) is 7.45. The highest BCUT2D eigenvalue weighted by Crippen LogP contribution is 2.44. The first kappa shape index (κ1) is 19.9. The van der Waals surface area contributed by atoms with Crippen LogP contribution in [0.1, 0.15) is 28.8 Å². The zero-order valence-corrected chi connectivity index (χ0v) is 16.8. The number of carbonyl (C=O) groups is 2. The average molecular weight is 416 g/mol. The lowest BCUT2D eigenvalue weighted by Gasteiger charge is -2.44. The fraction of sp³-hybridized carbons (Fsp3) is 0.364. The topological polar surface area (TPSA) is 40.6 Å². The normalized spacial score (nSPS) is 18.3. The highest BCUT2D eigenvalue weighted by Gasteiger charge is 2.47. The number of piperidine rings is 1. The Bertz CT molecular complexity index is 911. The molecule has 4 rings (SSSR count). The maximum atomic E-state index is 13.5. The molecule has 4 nitrogen and oxygen atoms in total. The molecule has 2 fully saturated rings. The number of hydrogen-bond acceptors (Lipinski definition) is 3. The SMILES string of the molecule is O=C(Cc1ccc(F)cc1)N1CCC2(CC1)SCCN2C(=O)c1cccc(F)c1. The van der Waals surface area contributed by atoms with Crippen LogP contribution in [0.15, 0.2) is 48.5 Å². The van der Waals surface area contributed by atoms with Crippen LogP contribution in [0, 0.1) is 11.6 Å². The molecule has 0 N–H and O–H groups in total. The van der Waals surface area contributed by atoms with E-state index in [-0.39, 0.29) is 28.9 Å². The Balaban J connectivity index is 1.41. The van der Waals surface area contributed by atoms with E-state index in [0.29, 0.717) is 38.0 Å². The number of carbonyl (C=O) groups excluding carboxylic acids is 2. The standard InChI is InChI=1S/C22H22F2N2O2S/c23-18-6-4-16(5-7-18)14-20(27)25-10-8-22(9-11-25)26(12-13-29-22)21(28)17-2-1-3-19(24)15-17/h1-7,15H,8-14H2. The predicted molar refractivity (Wildman–Crippen MR) is 109 cm³/mol. The van der Waals surface area contributed by atoms with Crippen molar-refractivity contribution < 1.29 is 18.4 Å². The van der Waals surface area contributed by atoms with E-state index in [9.17, 15) is 18.4 Å². The fourth-order valence-corrected chi connectivity index (χ4v) is 5.54. The summed E-state index contributed by atoms with van der Waals surface area (Å²) in [5.41, 5.74) is 1.15. The predicted octanol–water partition coefficient (Wildman–Crippen LogP) is 3.72. The second kappa shape index (κ2) is 8.14. The summed E-state index contributed by atoms with van der Waals surface area (Å²) in [6.07, 6.45) is 1.62. The molecule has 2 aliphatic rings. The van der Waals surface area contributed by atoms with Crippen LogP contribution in [0.2, 0.25) is 0 Å². The number of benzene rings is 2. The van der Waals surface area contributed by atoms with E-state index < -0.39 is 5.82 Å². The first-order valence-electron chi connectivity index (χ1n) is 9.71. The third-order valence-corrected chi connectivity index (χ3v) is 7.21. The molecule has 0 radical (unpaired) electrons. The minimum Gasteiger partial charge on any atom is -0.342 e. The molecule has 2 amide bonds. The maximum Gasteiger partial charge on any atom is 0.255 e. The van der Waals surface area contributed by atoms with Crippen LogP contribution in [0.3, 0.4) is 0 Å². The van der Waals surface area contributed by atoms with Crippen molar-refractivity contribution in [2.24, 2.45) is 0 Å². The number of rotatable bonds is 3. The first-order chi connectivity index (χ1) is 14.0. The molecule has 2 aliphatic heterocycles. The maximum absolute atomic E-state index is 13.5. The van der Waals surface area contributed by atoms with Crippen LogP contribution < -0.4 is 0 Å². The van der Waals surface area contributed by atoms with Crippen molar-refractivity contribution in [3.63, 3.8) is 0 Å². The van der Waals surface area contributed by atoms with E-state index in [1.165, 1.54) is 24.3 Å². The lowest BCUT2D eigenvalue weighted by Crippen LogP contribution is -2.53. The zero-order valence-electron chi connectivity index (χ0n) is 15.9. The van der Waals surface area contributed by atoms with Gasteiger partial charge in [-0.1, -0.05) is 18.2 Å². The average Bonchev–Trinajstić information content (AvgIpc) is 3.12. The van der Waals surface area contributed by atoms with E-state index in [4.69, 9.17) is 0 Å². The molecule has 2 aromatic carbocycles. The Morgan fingerprint density at radius 1 is 0.966 bits per heavy atom. The van der Waals surface area contributed by atoms with Gasteiger partial charge in [0.1, 0.15) is 11.6 Å². The van der Waals surface area contributed by atoms with Crippen molar-refractivity contribution in [2.75, 3.05) is 25.4 Å². The Kier molecular flexibility index (Phi) is 5.58. The van der Waals surface area contributed by atoms with Crippen molar-refractivity contribution in [1.82, 2.24) is 9.80 Å². The largest absolute Gasteiger partial charge is 0.342 e. The molecular weight excluding hydrogens is 394 g/mol. The fourth-order valence-electron chi connectivity index (χ4n) is 4.08. The summed E-state index contributed by atoms with van der Waals surface area (Å²) in [6.45, 7) is 1.77. The van der Waals surface area contributed by atoms with E-state index in [1.807, 2.05) is 9.80 Å². The van der Waals surface area contributed by atoms with Crippen LogP contribution in [-0.4, -0.2) is 51.9 Å². The monoisotopic (exact) mass is 416 g/mol. The van der Waals surface area contributed by atoms with E-state index in [1.54, 1.807) is 36.0 Å². The summed E-state index contributed by atoms with van der Waals surface area (Å²) in [5.74, 6) is -0.0386. The summed E-state index contributed by atoms with van der Waals surface area (Å²) in [7, 11) is 0. The Morgan fingerprint density at radius 2 is 1.69 bits per heavy atom. The quantitative estimate of drug-likeness (QED) is 0.766. The van der Waals surface area contributed by atoms with E-state index >= 15 is 0 Å². The molecule has 29 heavy (non-hydrogen) atoms. The van der Waals surface area contributed by atoms with Gasteiger partial charge in [-0.2, -0.15) is 0 Å². The molecule has 0 saturated carbocycles. The van der Waals surface area contributed by atoms with Crippen molar-refractivity contribution >= 4 is 23.6 Å². The van der Waals surface area contributed by atoms with Gasteiger partial charge in [-0.25, -0.2) is 8.78 Å². The van der Waals surface area contributed by atoms with Gasteiger partial charge < -0.3 is 9.80 Å². The molecule has 0 atom stereocenters. The minimum atomic E-state index is -0.419. The van der Waals surface area contributed by atoms with Crippen molar-refractivity contribution in [2.45, 2.75) is 24.1 Å². The van der Waals surface area contributed by atoms with Crippen molar-refractivity contribution in [3.8, 4) is 0 Å². The molecule has 7 heteroatoms. The number of nitrogens with zero attached hydrogens (tertiary/aromatic N) is 2. The van der Waals surface area contributed by atoms with Gasteiger partial charge >= 0.3 is 0 Å². The summed E-state index contributed by atoms with van der Waals surface area (Å²) < 4.78 is 26.6. The van der Waals surface area contributed by atoms with Gasteiger partial charge in [0.2, 0.25) is 5.91 Å². The van der Waals surface area contributed by atoms with Crippen LogP contribution >= 0.6 is 11.8 Å². The van der Waals surface area contributed by atoms with Crippen molar-refractivity contribution in [3.05, 3.63) is 71.3 Å². The van der Waals surface area contributed by atoms with Crippen LogP contribution in [0.5, 0.6) is 0 Å². The number of hydrogen-bond donors (Lipinski definition) is 0. The van der Waals surface area contributed by atoms with Crippen LogP contribution in [0.4, 0.5) is 8.78 Å². The molecule has 0 unspecified atom stereocenters. The number of halogens is 2. The molecule has 2 heterocycles. The first-order valence-corrected chi connectivity index (χ1v) is 10.7. The molecule has 0 aliphatic carbocycles. The van der Waals surface area contributed by atoms with Gasteiger partial charge in [-0.15, -0.1) is 11.8 Å². The van der Waals surface area contributed by atoms with Gasteiger partial charge in [0.25, 0.3) is 5.91 Å². The Morgan fingerprint density at radius 3 is 2.38 bits per heavy atom. The zero-order chi connectivity index (χ0) is 20.4. The van der Waals surface area contributed by atoms with Crippen molar-refractivity contribution in [1.29, 1.82) is 0 Å². The smallest absolute Gasteiger partial charge is 0.255 e. The summed E-state index contributed by atoms with van der Waals surface area (Å²) >= 11 is 1.75. The van der Waals surface area contributed by atoms with E-state index in [2.05, 4.69) is 0 Å². The summed E-state index contributed by atoms with van der Waals surface area (Å²) in [6, 6.07) is 11.8. The Labute approximate surface area is 172 Å². The second-order valence-corrected chi connectivity index (χ2v) is 8.90. The van der Waals surface area contributed by atoms with Crippen LogP contribution in [0.25, 0.3) is 0 Å². The van der Waals surface area contributed by atoms with Gasteiger partial charge in [0.15, 0.2) is 0 Å². The third kappa shape index (κ3) is 4.15. The molecular formula is C22H22F2N2O2S. The number of thioether (sulfide) groups is 1. The molecule has 2 saturated heterocycles. The highest BCUT2D eigenvalue weighted by atomic mass is 32.2. The highest BCUT2D eigenvalue weighted by molar-refractivity contribution is 8.00. The molecule has 0 aromatic heterocycles.